The van der Waals surface area contributed by atoms with E-state index in [1.54, 1.807) is 18.2 Å². The summed E-state index contributed by atoms with van der Waals surface area (Å²) in [6, 6.07) is 10.1. The number of anilines is 2. The quantitative estimate of drug-likeness (QED) is 0.358. The van der Waals surface area contributed by atoms with Gasteiger partial charge < -0.3 is 21.7 Å². The molecule has 14 heteroatoms. The average molecular weight is 528 g/mol. The fraction of sp³-hybridized carbons (Fsp3) is 0.278. The van der Waals surface area contributed by atoms with Gasteiger partial charge in [0.25, 0.3) is 10.0 Å². The summed E-state index contributed by atoms with van der Waals surface area (Å²) in [5.41, 5.74) is 5.73. The number of carbonyl (C=O) groups excluding carboxylic acids is 2. The van der Waals surface area contributed by atoms with Crippen molar-refractivity contribution >= 4 is 70.6 Å². The molecule has 0 saturated carbocycles. The van der Waals surface area contributed by atoms with Crippen LogP contribution in [0.1, 0.15) is 6.42 Å². The first-order chi connectivity index (χ1) is 13.9. The third-order valence-electron chi connectivity index (χ3n) is 4.33. The second-order valence-electron chi connectivity index (χ2n) is 6.50. The smallest absolute Gasteiger partial charge is 0.263 e. The SMILES string of the molecule is Cl.Cl.Cl.NCC(=O)NC1CN[C@H](C(=O)Nc2ccc(S(=O)(=O)Nc3ccccn3)cc2)C1. The first-order valence-corrected chi connectivity index (χ1v) is 10.4. The van der Waals surface area contributed by atoms with Gasteiger partial charge in [0.2, 0.25) is 11.8 Å². The van der Waals surface area contributed by atoms with Crippen LogP contribution in [0.25, 0.3) is 0 Å². The lowest BCUT2D eigenvalue weighted by Gasteiger charge is -2.13. The van der Waals surface area contributed by atoms with E-state index in [4.69, 9.17) is 5.73 Å². The van der Waals surface area contributed by atoms with Gasteiger partial charge in [0.05, 0.1) is 17.5 Å². The monoisotopic (exact) mass is 526 g/mol. The van der Waals surface area contributed by atoms with E-state index in [1.165, 1.54) is 30.5 Å². The molecular formula is C18H25Cl3N6O4S. The van der Waals surface area contributed by atoms with Crippen LogP contribution in [0.3, 0.4) is 0 Å². The van der Waals surface area contributed by atoms with Crippen molar-refractivity contribution in [3.8, 4) is 0 Å². The van der Waals surface area contributed by atoms with E-state index < -0.39 is 16.1 Å². The van der Waals surface area contributed by atoms with Crippen LogP contribution in [-0.2, 0) is 19.6 Å². The van der Waals surface area contributed by atoms with Crippen LogP contribution in [0.4, 0.5) is 11.5 Å². The highest BCUT2D eigenvalue weighted by molar-refractivity contribution is 7.92. The van der Waals surface area contributed by atoms with Crippen molar-refractivity contribution in [1.29, 1.82) is 0 Å². The molecule has 1 unspecified atom stereocenters. The summed E-state index contributed by atoms with van der Waals surface area (Å²) in [5.74, 6) is -0.320. The third kappa shape index (κ3) is 8.08. The number of hydrogen-bond acceptors (Lipinski definition) is 7. The van der Waals surface area contributed by atoms with E-state index in [9.17, 15) is 18.0 Å². The molecule has 2 aromatic rings. The molecule has 10 nitrogen and oxygen atoms in total. The van der Waals surface area contributed by atoms with E-state index in [-0.39, 0.29) is 72.3 Å². The average Bonchev–Trinajstić information content (AvgIpc) is 3.17. The van der Waals surface area contributed by atoms with Crippen molar-refractivity contribution in [2.24, 2.45) is 5.73 Å². The van der Waals surface area contributed by atoms with Crippen LogP contribution in [0, 0.1) is 0 Å². The van der Waals surface area contributed by atoms with Crippen molar-refractivity contribution in [1.82, 2.24) is 15.6 Å². The number of nitrogens with zero attached hydrogens (tertiary/aromatic N) is 1. The number of halogens is 3. The maximum Gasteiger partial charge on any atom is 0.263 e. The van der Waals surface area contributed by atoms with Crippen LogP contribution in [0.5, 0.6) is 0 Å². The number of hydrogen-bond donors (Lipinski definition) is 5. The standard InChI is InChI=1S/C18H22N6O4S.3ClH/c19-10-17(25)22-13-9-15(21-11-13)18(26)23-12-4-6-14(7-5-12)29(27,28)24-16-3-1-2-8-20-16;;;/h1-8,13,15,21H,9-11,19H2,(H,20,24)(H,22,25)(H,23,26);3*1H/t13?,15-;;;/m0.../s1. The molecule has 2 amide bonds. The highest BCUT2D eigenvalue weighted by atomic mass is 35.5. The van der Waals surface area contributed by atoms with Crippen molar-refractivity contribution in [3.63, 3.8) is 0 Å². The number of benzene rings is 1. The van der Waals surface area contributed by atoms with Crippen LogP contribution in [0.15, 0.2) is 53.6 Å². The minimum Gasteiger partial charge on any atom is -0.351 e. The molecule has 1 saturated heterocycles. The first kappa shape index (κ1) is 29.9. The molecule has 1 aromatic heterocycles. The second-order valence-corrected chi connectivity index (χ2v) is 8.18. The van der Waals surface area contributed by atoms with Gasteiger partial charge in [-0.1, -0.05) is 6.07 Å². The van der Waals surface area contributed by atoms with Crippen molar-refractivity contribution in [2.75, 3.05) is 23.1 Å². The van der Waals surface area contributed by atoms with Gasteiger partial charge >= 0.3 is 0 Å². The summed E-state index contributed by atoms with van der Waals surface area (Å²) in [7, 11) is -3.78. The number of amides is 2. The molecule has 0 radical (unpaired) electrons. The second kappa shape index (κ2) is 13.4. The molecule has 3 rings (SSSR count). The van der Waals surface area contributed by atoms with Gasteiger partial charge in [-0.25, -0.2) is 13.4 Å². The molecule has 6 N–H and O–H groups in total. The summed E-state index contributed by atoms with van der Waals surface area (Å²) in [5, 5.41) is 8.51. The van der Waals surface area contributed by atoms with Gasteiger partial charge in [-0.15, -0.1) is 37.2 Å². The largest absolute Gasteiger partial charge is 0.351 e. The zero-order valence-electron chi connectivity index (χ0n) is 16.7. The van der Waals surface area contributed by atoms with Crippen molar-refractivity contribution < 1.29 is 18.0 Å². The molecular weight excluding hydrogens is 503 g/mol. The molecule has 32 heavy (non-hydrogen) atoms. The number of aromatic nitrogens is 1. The summed E-state index contributed by atoms with van der Waals surface area (Å²) in [6.45, 7) is 0.373. The maximum absolute atomic E-state index is 12.4. The number of sulfonamides is 1. The Kier molecular flexibility index (Phi) is 12.5. The minimum atomic E-state index is -3.78. The minimum absolute atomic E-state index is 0. The van der Waals surface area contributed by atoms with Crippen LogP contribution >= 0.6 is 37.2 Å². The lowest BCUT2D eigenvalue weighted by Crippen LogP contribution is -2.39. The molecule has 1 fully saturated rings. The summed E-state index contributed by atoms with van der Waals surface area (Å²) in [4.78, 5) is 27.7. The number of rotatable bonds is 7. The van der Waals surface area contributed by atoms with Gasteiger partial charge in [0.15, 0.2) is 0 Å². The van der Waals surface area contributed by atoms with E-state index in [0.29, 0.717) is 18.7 Å². The molecule has 0 aliphatic carbocycles. The fourth-order valence-electron chi connectivity index (χ4n) is 2.90. The molecule has 2 heterocycles. The Labute approximate surface area is 204 Å². The molecule has 178 valence electrons. The molecule has 1 aromatic carbocycles. The predicted molar refractivity (Wildman–Crippen MR) is 129 cm³/mol. The Morgan fingerprint density at radius 3 is 2.38 bits per heavy atom. The van der Waals surface area contributed by atoms with E-state index in [0.717, 1.165) is 0 Å². The first-order valence-electron chi connectivity index (χ1n) is 8.95. The predicted octanol–water partition coefficient (Wildman–Crippen LogP) is 0.892. The van der Waals surface area contributed by atoms with Gasteiger partial charge in [-0.3, -0.25) is 14.3 Å². The van der Waals surface area contributed by atoms with Gasteiger partial charge in [0, 0.05) is 24.5 Å². The Bertz CT molecular complexity index is 980. The molecule has 2 atom stereocenters. The van der Waals surface area contributed by atoms with Crippen molar-refractivity contribution in [2.45, 2.75) is 23.4 Å². The van der Waals surface area contributed by atoms with E-state index >= 15 is 0 Å². The Balaban J connectivity index is 0.00000320. The lowest BCUT2D eigenvalue weighted by atomic mass is 10.1. The fourth-order valence-corrected chi connectivity index (χ4v) is 3.91. The summed E-state index contributed by atoms with van der Waals surface area (Å²) >= 11 is 0. The van der Waals surface area contributed by atoms with Gasteiger partial charge in [-0.05, 0) is 42.8 Å². The zero-order chi connectivity index (χ0) is 20.9. The van der Waals surface area contributed by atoms with E-state index in [2.05, 4.69) is 25.7 Å². The van der Waals surface area contributed by atoms with Crippen molar-refractivity contribution in [3.05, 3.63) is 48.7 Å². The van der Waals surface area contributed by atoms with Crippen LogP contribution in [0.2, 0.25) is 0 Å². The normalized spacial score (nSPS) is 17.0. The zero-order valence-corrected chi connectivity index (χ0v) is 20.0. The summed E-state index contributed by atoms with van der Waals surface area (Å²) < 4.78 is 27.2. The Morgan fingerprint density at radius 2 is 1.78 bits per heavy atom. The van der Waals surface area contributed by atoms with Gasteiger partial charge in [0.1, 0.15) is 5.82 Å². The number of nitrogens with two attached hydrogens (primary N) is 1. The number of nitrogens with one attached hydrogen (secondary N) is 4. The lowest BCUT2D eigenvalue weighted by molar-refractivity contribution is -0.121. The maximum atomic E-state index is 12.4. The molecule has 0 bridgehead atoms. The van der Waals surface area contributed by atoms with Gasteiger partial charge in [-0.2, -0.15) is 0 Å². The Morgan fingerprint density at radius 1 is 1.09 bits per heavy atom. The summed E-state index contributed by atoms with van der Waals surface area (Å²) in [6.07, 6.45) is 1.93. The number of pyridine rings is 1. The number of carbonyl (C=O) groups is 2. The Hall–Kier alpha value is -2.15. The third-order valence-corrected chi connectivity index (χ3v) is 5.70. The molecule has 0 spiro atoms. The van der Waals surface area contributed by atoms with Crippen LogP contribution in [-0.4, -0.2) is 50.4 Å². The topological polar surface area (TPSA) is 155 Å². The van der Waals surface area contributed by atoms with E-state index in [1.807, 2.05) is 0 Å². The molecule has 1 aliphatic rings. The van der Waals surface area contributed by atoms with Crippen LogP contribution < -0.4 is 26.4 Å². The molecule has 1 aliphatic heterocycles. The highest BCUT2D eigenvalue weighted by Crippen LogP contribution is 2.18. The highest BCUT2D eigenvalue weighted by Gasteiger charge is 2.30.